The average molecular weight is 293 g/mol. The molecule has 2 aromatic rings. The van der Waals surface area contributed by atoms with Gasteiger partial charge in [0.25, 0.3) is 5.91 Å². The first-order valence-corrected chi connectivity index (χ1v) is 6.52. The van der Waals surface area contributed by atoms with E-state index in [4.69, 9.17) is 17.3 Å². The highest BCUT2D eigenvalue weighted by Crippen LogP contribution is 2.18. The van der Waals surface area contributed by atoms with Gasteiger partial charge in [0.05, 0.1) is 11.6 Å². The molecule has 5 nitrogen and oxygen atoms in total. The van der Waals surface area contributed by atoms with Crippen LogP contribution < -0.4 is 11.1 Å². The molecule has 0 aliphatic heterocycles. The number of nitrogens with one attached hydrogen (secondary N) is 1. The molecule has 0 spiro atoms. The average Bonchev–Trinajstić information content (AvgIpc) is 2.90. The van der Waals surface area contributed by atoms with Gasteiger partial charge in [0.1, 0.15) is 5.51 Å². The van der Waals surface area contributed by atoms with E-state index in [1.807, 2.05) is 0 Å². The first kappa shape index (κ1) is 13.5. The second-order valence-electron chi connectivity index (χ2n) is 3.40. The van der Waals surface area contributed by atoms with E-state index in [1.165, 1.54) is 16.8 Å². The van der Waals surface area contributed by atoms with Crippen LogP contribution in [0.15, 0.2) is 23.7 Å². The smallest absolute Gasteiger partial charge is 0.257 e. The number of hydrogen-bond donors (Lipinski definition) is 2. The molecule has 7 heteroatoms. The van der Waals surface area contributed by atoms with Crippen molar-refractivity contribution in [1.29, 1.82) is 0 Å². The maximum absolute atomic E-state index is 11.9. The molecule has 0 aliphatic rings. The van der Waals surface area contributed by atoms with Gasteiger partial charge >= 0.3 is 0 Å². The zero-order chi connectivity index (χ0) is 13.7. The minimum absolute atomic E-state index is 0.260. The number of carbonyl (C=O) groups excluding carboxylic acids is 1. The number of hydrogen-bond acceptors (Lipinski definition) is 5. The summed E-state index contributed by atoms with van der Waals surface area (Å²) in [6.45, 7) is 0.260. The Labute approximate surface area is 118 Å². The van der Waals surface area contributed by atoms with E-state index in [2.05, 4.69) is 27.4 Å². The maximum Gasteiger partial charge on any atom is 0.257 e. The summed E-state index contributed by atoms with van der Waals surface area (Å²) in [4.78, 5) is 11.9. The van der Waals surface area contributed by atoms with E-state index in [0.717, 1.165) is 0 Å². The Morgan fingerprint density at radius 3 is 3.00 bits per heavy atom. The lowest BCUT2D eigenvalue weighted by Gasteiger charge is -2.03. The van der Waals surface area contributed by atoms with E-state index in [0.29, 0.717) is 21.3 Å². The first-order valence-electron chi connectivity index (χ1n) is 5.26. The summed E-state index contributed by atoms with van der Waals surface area (Å²) in [5, 5.41) is 10.8. The summed E-state index contributed by atoms with van der Waals surface area (Å²) in [6.07, 6.45) is 0. The molecule has 0 saturated carbocycles. The monoisotopic (exact) mass is 292 g/mol. The van der Waals surface area contributed by atoms with Crippen molar-refractivity contribution in [3.63, 3.8) is 0 Å². The number of benzene rings is 1. The van der Waals surface area contributed by atoms with Crippen LogP contribution in [0.2, 0.25) is 5.02 Å². The molecule has 3 N–H and O–H groups in total. The molecular weight excluding hydrogens is 284 g/mol. The normalized spacial score (nSPS) is 9.58. The molecule has 0 atom stereocenters. The summed E-state index contributed by atoms with van der Waals surface area (Å²) in [6, 6.07) is 4.88. The second-order valence-corrected chi connectivity index (χ2v) is 4.64. The Bertz CT molecular complexity index is 645. The van der Waals surface area contributed by atoms with E-state index in [-0.39, 0.29) is 12.5 Å². The number of nitrogens with zero attached hydrogens (tertiary/aromatic N) is 2. The fourth-order valence-corrected chi connectivity index (χ4v) is 1.97. The van der Waals surface area contributed by atoms with Gasteiger partial charge in [0.2, 0.25) is 5.13 Å². The Morgan fingerprint density at radius 1 is 1.53 bits per heavy atom. The summed E-state index contributed by atoms with van der Waals surface area (Å²) >= 11 is 7.28. The molecule has 1 heterocycles. The fraction of sp³-hybridized carbons (Fsp3) is 0.0833. The summed E-state index contributed by atoms with van der Waals surface area (Å²) in [7, 11) is 0. The van der Waals surface area contributed by atoms with Crippen LogP contribution in [-0.4, -0.2) is 22.6 Å². The summed E-state index contributed by atoms with van der Waals surface area (Å²) in [5.41, 5.74) is 7.89. The molecule has 96 valence electrons. The molecule has 1 aromatic heterocycles. The van der Waals surface area contributed by atoms with Crippen LogP contribution in [-0.2, 0) is 0 Å². The Hall–Kier alpha value is -1.94. The highest BCUT2D eigenvalue weighted by Gasteiger charge is 2.09. The van der Waals surface area contributed by atoms with Crippen molar-refractivity contribution in [2.24, 2.45) is 5.73 Å². The van der Waals surface area contributed by atoms with Gasteiger partial charge in [-0.25, -0.2) is 0 Å². The quantitative estimate of drug-likeness (QED) is 0.826. The predicted octanol–water partition coefficient (Wildman–Crippen LogP) is 1.75. The van der Waals surface area contributed by atoms with Crippen LogP contribution in [0.4, 0.5) is 5.13 Å². The molecular formula is C12H9ClN4OS. The van der Waals surface area contributed by atoms with Crippen molar-refractivity contribution in [3.05, 3.63) is 39.9 Å². The van der Waals surface area contributed by atoms with Crippen LogP contribution in [0.5, 0.6) is 0 Å². The Kier molecular flexibility index (Phi) is 4.47. The van der Waals surface area contributed by atoms with Crippen molar-refractivity contribution in [3.8, 4) is 11.8 Å². The predicted molar refractivity (Wildman–Crippen MR) is 75.2 cm³/mol. The highest BCUT2D eigenvalue weighted by molar-refractivity contribution is 7.13. The van der Waals surface area contributed by atoms with E-state index >= 15 is 0 Å². The number of aromatic nitrogens is 2. The zero-order valence-corrected chi connectivity index (χ0v) is 11.3. The van der Waals surface area contributed by atoms with Crippen LogP contribution in [0, 0.1) is 11.8 Å². The summed E-state index contributed by atoms with van der Waals surface area (Å²) < 4.78 is 0. The van der Waals surface area contributed by atoms with Crippen LogP contribution in [0.1, 0.15) is 15.9 Å². The zero-order valence-electron chi connectivity index (χ0n) is 9.68. The van der Waals surface area contributed by atoms with Gasteiger partial charge in [-0.1, -0.05) is 34.8 Å². The standard InChI is InChI=1S/C12H9ClN4OS/c13-10-6-9(4-3-8(10)2-1-5-14)11(18)16-12-17-15-7-19-12/h3-4,6-7H,5,14H2,(H,16,17,18). The largest absolute Gasteiger partial charge is 0.320 e. The maximum atomic E-state index is 11.9. The van der Waals surface area contributed by atoms with Gasteiger partial charge in [-0.05, 0) is 18.2 Å². The van der Waals surface area contributed by atoms with E-state index in [9.17, 15) is 4.79 Å². The first-order chi connectivity index (χ1) is 9.20. The molecule has 1 aromatic carbocycles. The molecule has 0 fully saturated rings. The van der Waals surface area contributed by atoms with Gasteiger partial charge in [-0.2, -0.15) is 0 Å². The van der Waals surface area contributed by atoms with Crippen molar-refractivity contribution < 1.29 is 4.79 Å². The van der Waals surface area contributed by atoms with Crippen molar-refractivity contribution in [1.82, 2.24) is 10.2 Å². The third-order valence-corrected chi connectivity index (χ3v) is 3.06. The van der Waals surface area contributed by atoms with Gasteiger partial charge in [-0.3, -0.25) is 10.1 Å². The molecule has 0 aliphatic carbocycles. The topological polar surface area (TPSA) is 80.9 Å². The third kappa shape index (κ3) is 3.51. The number of nitrogens with two attached hydrogens (primary N) is 1. The van der Waals surface area contributed by atoms with Gasteiger partial charge < -0.3 is 5.73 Å². The van der Waals surface area contributed by atoms with Gasteiger partial charge in [0, 0.05) is 11.1 Å². The lowest BCUT2D eigenvalue weighted by atomic mass is 10.1. The molecule has 0 unspecified atom stereocenters. The number of amides is 1. The van der Waals surface area contributed by atoms with Crippen molar-refractivity contribution in [2.75, 3.05) is 11.9 Å². The fourth-order valence-electron chi connectivity index (χ4n) is 1.30. The van der Waals surface area contributed by atoms with Gasteiger partial charge in [0.15, 0.2) is 0 Å². The van der Waals surface area contributed by atoms with Crippen LogP contribution in [0.25, 0.3) is 0 Å². The number of halogens is 1. The van der Waals surface area contributed by atoms with E-state index in [1.54, 1.807) is 18.2 Å². The van der Waals surface area contributed by atoms with Crippen molar-refractivity contribution in [2.45, 2.75) is 0 Å². The second kappa shape index (κ2) is 6.29. The Morgan fingerprint density at radius 2 is 2.37 bits per heavy atom. The van der Waals surface area contributed by atoms with E-state index < -0.39 is 0 Å². The Balaban J connectivity index is 2.17. The third-order valence-electron chi connectivity index (χ3n) is 2.14. The number of rotatable bonds is 2. The van der Waals surface area contributed by atoms with Crippen LogP contribution >= 0.6 is 22.9 Å². The van der Waals surface area contributed by atoms with Crippen molar-refractivity contribution >= 4 is 34.0 Å². The lowest BCUT2D eigenvalue weighted by molar-refractivity contribution is 0.102. The molecule has 1 amide bonds. The molecule has 0 radical (unpaired) electrons. The molecule has 0 saturated heterocycles. The molecule has 0 bridgehead atoms. The number of anilines is 1. The van der Waals surface area contributed by atoms with Gasteiger partial charge in [-0.15, -0.1) is 10.2 Å². The molecule has 2 rings (SSSR count). The van der Waals surface area contributed by atoms with Crippen LogP contribution in [0.3, 0.4) is 0 Å². The minimum atomic E-state index is -0.294. The summed E-state index contributed by atoms with van der Waals surface area (Å²) in [5.74, 6) is 5.24. The minimum Gasteiger partial charge on any atom is -0.320 e. The number of carbonyl (C=O) groups is 1. The molecule has 19 heavy (non-hydrogen) atoms. The highest BCUT2D eigenvalue weighted by atomic mass is 35.5. The lowest BCUT2D eigenvalue weighted by Crippen LogP contribution is -2.11. The SMILES string of the molecule is NCC#Cc1ccc(C(=O)Nc2nncs2)cc1Cl.